The van der Waals surface area contributed by atoms with Crippen molar-refractivity contribution in [3.63, 3.8) is 0 Å². The maximum Gasteiger partial charge on any atom is 0.190 e. The second-order valence-electron chi connectivity index (χ2n) is 5.36. The average Bonchev–Trinajstić information content (AvgIpc) is 3.18. The number of aromatic nitrogens is 1. The minimum atomic E-state index is 0.736. The molecule has 106 valence electrons. The maximum atomic E-state index is 4.76. The summed E-state index contributed by atoms with van der Waals surface area (Å²) < 4.78 is 0. The second kappa shape index (κ2) is 5.94. The van der Waals surface area contributed by atoms with Crippen LogP contribution in [0.3, 0.4) is 0 Å². The number of hydrogen-bond donors (Lipinski definition) is 1. The van der Waals surface area contributed by atoms with E-state index < -0.39 is 0 Å². The Balaban J connectivity index is 1.72. The molecule has 0 spiro atoms. The van der Waals surface area contributed by atoms with Crippen LogP contribution in [-0.2, 0) is 6.54 Å². The molecule has 0 radical (unpaired) electrons. The van der Waals surface area contributed by atoms with Crippen molar-refractivity contribution in [3.05, 3.63) is 40.9 Å². The van der Waals surface area contributed by atoms with Crippen molar-refractivity contribution in [1.29, 1.82) is 0 Å². The van der Waals surface area contributed by atoms with Crippen molar-refractivity contribution in [2.75, 3.05) is 11.4 Å². The topological polar surface area (TPSA) is 28.2 Å². The summed E-state index contributed by atoms with van der Waals surface area (Å²) in [6, 6.07) is 9.38. The molecule has 1 N–H and O–H groups in total. The Bertz CT molecular complexity index is 557. The summed E-state index contributed by atoms with van der Waals surface area (Å²) in [5, 5.41) is 6.77. The summed E-state index contributed by atoms with van der Waals surface area (Å²) in [6.45, 7) is 6.12. The molecule has 1 saturated carbocycles. The van der Waals surface area contributed by atoms with E-state index in [1.54, 1.807) is 11.3 Å². The lowest BCUT2D eigenvalue weighted by Crippen LogP contribution is -2.17. The molecule has 1 aliphatic rings. The summed E-state index contributed by atoms with van der Waals surface area (Å²) in [4.78, 5) is 7.03. The quantitative estimate of drug-likeness (QED) is 0.874. The SMILES string of the molecule is CCN(c1ccc(C)cc1)c1nc(CNC2CC2)cs1. The summed E-state index contributed by atoms with van der Waals surface area (Å²) in [5.74, 6) is 0. The first kappa shape index (κ1) is 13.6. The van der Waals surface area contributed by atoms with Gasteiger partial charge in [0, 0.05) is 30.2 Å². The number of aryl methyl sites for hydroxylation is 1. The number of rotatable bonds is 6. The first-order chi connectivity index (χ1) is 9.76. The normalized spacial score (nSPS) is 14.5. The largest absolute Gasteiger partial charge is 0.318 e. The van der Waals surface area contributed by atoms with Gasteiger partial charge in [0.15, 0.2) is 5.13 Å². The van der Waals surface area contributed by atoms with E-state index >= 15 is 0 Å². The van der Waals surface area contributed by atoms with Crippen LogP contribution < -0.4 is 10.2 Å². The van der Waals surface area contributed by atoms with Gasteiger partial charge in [0.25, 0.3) is 0 Å². The van der Waals surface area contributed by atoms with E-state index in [2.05, 4.69) is 53.7 Å². The molecule has 3 rings (SSSR count). The summed E-state index contributed by atoms with van der Waals surface area (Å²) in [5.41, 5.74) is 3.66. The van der Waals surface area contributed by atoms with Crippen LogP contribution in [0.15, 0.2) is 29.6 Å². The molecule has 0 aliphatic heterocycles. The molecular formula is C16H21N3S. The summed E-state index contributed by atoms with van der Waals surface area (Å²) in [7, 11) is 0. The van der Waals surface area contributed by atoms with E-state index in [-0.39, 0.29) is 0 Å². The molecule has 0 unspecified atom stereocenters. The standard InChI is InChI=1S/C16H21N3S/c1-3-19(15-8-4-12(2)5-9-15)16-18-14(11-20-16)10-17-13-6-7-13/h4-5,8-9,11,13,17H,3,6-7,10H2,1-2H3. The lowest BCUT2D eigenvalue weighted by Gasteiger charge is -2.20. The minimum Gasteiger partial charge on any atom is -0.318 e. The van der Waals surface area contributed by atoms with Gasteiger partial charge in [-0.2, -0.15) is 0 Å². The van der Waals surface area contributed by atoms with Crippen LogP contribution in [0.2, 0.25) is 0 Å². The fourth-order valence-corrected chi connectivity index (χ4v) is 3.10. The zero-order valence-corrected chi connectivity index (χ0v) is 12.9. The highest BCUT2D eigenvalue weighted by atomic mass is 32.1. The fourth-order valence-electron chi connectivity index (χ4n) is 2.19. The zero-order chi connectivity index (χ0) is 13.9. The predicted octanol–water partition coefficient (Wildman–Crippen LogP) is 3.86. The molecular weight excluding hydrogens is 266 g/mol. The number of anilines is 2. The van der Waals surface area contributed by atoms with Crippen LogP contribution >= 0.6 is 11.3 Å². The second-order valence-corrected chi connectivity index (χ2v) is 6.19. The number of benzene rings is 1. The third-order valence-electron chi connectivity index (χ3n) is 3.58. The van der Waals surface area contributed by atoms with Crippen molar-refractivity contribution in [2.45, 2.75) is 39.3 Å². The van der Waals surface area contributed by atoms with Crippen LogP contribution in [0.4, 0.5) is 10.8 Å². The molecule has 1 heterocycles. The Morgan fingerprint density at radius 1 is 1.30 bits per heavy atom. The Labute approximate surface area is 124 Å². The van der Waals surface area contributed by atoms with Gasteiger partial charge in [-0.15, -0.1) is 11.3 Å². The smallest absolute Gasteiger partial charge is 0.190 e. The third-order valence-corrected chi connectivity index (χ3v) is 4.49. The van der Waals surface area contributed by atoms with Crippen molar-refractivity contribution in [3.8, 4) is 0 Å². The van der Waals surface area contributed by atoms with Gasteiger partial charge in [0.2, 0.25) is 0 Å². The molecule has 1 aromatic heterocycles. The van der Waals surface area contributed by atoms with E-state index in [1.807, 2.05) is 0 Å². The molecule has 2 aromatic rings. The number of nitrogens with one attached hydrogen (secondary N) is 1. The van der Waals surface area contributed by atoms with Gasteiger partial charge in [-0.1, -0.05) is 17.7 Å². The monoisotopic (exact) mass is 287 g/mol. The molecule has 0 atom stereocenters. The number of hydrogen-bond acceptors (Lipinski definition) is 4. The summed E-state index contributed by atoms with van der Waals surface area (Å²) >= 11 is 1.73. The van der Waals surface area contributed by atoms with Gasteiger partial charge in [-0.3, -0.25) is 0 Å². The first-order valence-corrected chi connectivity index (χ1v) is 8.16. The molecule has 0 bridgehead atoms. The van der Waals surface area contributed by atoms with Crippen LogP contribution in [-0.4, -0.2) is 17.6 Å². The fraction of sp³-hybridized carbons (Fsp3) is 0.438. The van der Waals surface area contributed by atoms with E-state index in [9.17, 15) is 0 Å². The summed E-state index contributed by atoms with van der Waals surface area (Å²) in [6.07, 6.45) is 2.64. The lowest BCUT2D eigenvalue weighted by molar-refractivity contribution is 0.677. The highest BCUT2D eigenvalue weighted by Gasteiger charge is 2.20. The number of nitrogens with zero attached hydrogens (tertiary/aromatic N) is 2. The Hall–Kier alpha value is -1.39. The highest BCUT2D eigenvalue weighted by Crippen LogP contribution is 2.29. The van der Waals surface area contributed by atoms with E-state index in [0.29, 0.717) is 0 Å². The van der Waals surface area contributed by atoms with Crippen molar-refractivity contribution >= 4 is 22.2 Å². The van der Waals surface area contributed by atoms with E-state index in [4.69, 9.17) is 4.98 Å². The Morgan fingerprint density at radius 3 is 2.70 bits per heavy atom. The van der Waals surface area contributed by atoms with Gasteiger partial charge in [0.05, 0.1) is 5.69 Å². The predicted molar refractivity (Wildman–Crippen MR) is 85.8 cm³/mol. The van der Waals surface area contributed by atoms with Crippen LogP contribution in [0.1, 0.15) is 31.0 Å². The van der Waals surface area contributed by atoms with Gasteiger partial charge in [-0.25, -0.2) is 4.98 Å². The Morgan fingerprint density at radius 2 is 2.05 bits per heavy atom. The minimum absolute atomic E-state index is 0.736. The van der Waals surface area contributed by atoms with Crippen LogP contribution in [0.5, 0.6) is 0 Å². The molecule has 1 aliphatic carbocycles. The molecule has 20 heavy (non-hydrogen) atoms. The highest BCUT2D eigenvalue weighted by molar-refractivity contribution is 7.13. The molecule has 0 amide bonds. The van der Waals surface area contributed by atoms with Gasteiger partial charge < -0.3 is 10.2 Å². The van der Waals surface area contributed by atoms with Crippen molar-refractivity contribution in [2.24, 2.45) is 0 Å². The Kier molecular flexibility index (Phi) is 4.03. The molecule has 0 saturated heterocycles. The van der Waals surface area contributed by atoms with E-state index in [1.165, 1.54) is 24.1 Å². The van der Waals surface area contributed by atoms with E-state index in [0.717, 1.165) is 30.0 Å². The molecule has 1 fully saturated rings. The van der Waals surface area contributed by atoms with Gasteiger partial charge >= 0.3 is 0 Å². The van der Waals surface area contributed by atoms with Crippen LogP contribution in [0.25, 0.3) is 0 Å². The molecule has 3 nitrogen and oxygen atoms in total. The third kappa shape index (κ3) is 3.19. The first-order valence-electron chi connectivity index (χ1n) is 7.28. The van der Waals surface area contributed by atoms with Crippen molar-refractivity contribution < 1.29 is 0 Å². The van der Waals surface area contributed by atoms with Crippen molar-refractivity contribution in [1.82, 2.24) is 10.3 Å². The van der Waals surface area contributed by atoms with Gasteiger partial charge in [0.1, 0.15) is 0 Å². The zero-order valence-electron chi connectivity index (χ0n) is 12.1. The number of thiazole rings is 1. The maximum absolute atomic E-state index is 4.76. The molecule has 4 heteroatoms. The van der Waals surface area contributed by atoms with Gasteiger partial charge in [-0.05, 0) is 38.8 Å². The molecule has 1 aromatic carbocycles. The lowest BCUT2D eigenvalue weighted by atomic mass is 10.2. The average molecular weight is 287 g/mol. The van der Waals surface area contributed by atoms with Crippen LogP contribution in [0, 0.1) is 6.92 Å².